The lowest BCUT2D eigenvalue weighted by Crippen LogP contribution is -2.64. The van der Waals surface area contributed by atoms with Crippen LogP contribution in [0, 0.1) is 40.4 Å². The van der Waals surface area contributed by atoms with E-state index in [1.165, 1.54) is 0 Å². The molecule has 2 aliphatic heterocycles. The predicted octanol–water partition coefficient (Wildman–Crippen LogP) is 3.56. The molecule has 4 aliphatic carbocycles. The van der Waals surface area contributed by atoms with Crippen molar-refractivity contribution in [2.75, 3.05) is 26.4 Å². The van der Waals surface area contributed by atoms with Crippen molar-refractivity contribution in [3.05, 3.63) is 0 Å². The van der Waals surface area contributed by atoms with E-state index < -0.39 is 17.7 Å². The zero-order valence-electron chi connectivity index (χ0n) is 19.7. The zero-order valence-corrected chi connectivity index (χ0v) is 19.7. The van der Waals surface area contributed by atoms with Crippen LogP contribution in [-0.2, 0) is 18.9 Å². The van der Waals surface area contributed by atoms with Gasteiger partial charge in [0.2, 0.25) is 0 Å². The van der Waals surface area contributed by atoms with Gasteiger partial charge in [0.25, 0.3) is 0 Å². The Hall–Kier alpha value is -0.730. The number of fused-ring (bicyclic) bond motifs is 5. The van der Waals surface area contributed by atoms with Crippen LogP contribution in [0.25, 0.3) is 0 Å². The van der Waals surface area contributed by atoms with Gasteiger partial charge in [-0.3, -0.25) is 0 Å². The Balaban J connectivity index is 1.34. The molecule has 2 N–H and O–H groups in total. The summed E-state index contributed by atoms with van der Waals surface area (Å²) in [4.78, 5) is 0. The minimum atomic E-state index is -0.642. The molecule has 6 fully saturated rings. The molecule has 4 saturated carbocycles. The van der Waals surface area contributed by atoms with Crippen LogP contribution in [0.1, 0.15) is 65.7 Å². The molecule has 2 heterocycles. The minimum Gasteiger partial charge on any atom is -0.411 e. The Morgan fingerprint density at radius 1 is 0.875 bits per heavy atom. The van der Waals surface area contributed by atoms with E-state index in [4.69, 9.17) is 18.9 Å². The summed E-state index contributed by atoms with van der Waals surface area (Å²) in [5.74, 6) is 0.441. The highest BCUT2D eigenvalue weighted by Gasteiger charge is 2.68. The number of hydrogen-bond acceptors (Lipinski definition) is 7. The van der Waals surface area contributed by atoms with Crippen LogP contribution in [0.5, 0.6) is 0 Å². The molecule has 7 nitrogen and oxygen atoms in total. The van der Waals surface area contributed by atoms with Gasteiger partial charge in [-0.2, -0.15) is 0 Å². The lowest BCUT2D eigenvalue weighted by molar-refractivity contribution is -0.233. The Labute approximate surface area is 190 Å². The maximum absolute atomic E-state index is 11.8. The highest BCUT2D eigenvalue weighted by Crippen LogP contribution is 2.69. The molecule has 1 spiro atoms. The second kappa shape index (κ2) is 7.14. The van der Waals surface area contributed by atoms with Gasteiger partial charge in [-0.05, 0) is 68.1 Å². The van der Waals surface area contributed by atoms with Crippen molar-refractivity contribution in [3.8, 4) is 0 Å². The number of rotatable bonds is 1. The van der Waals surface area contributed by atoms with Crippen LogP contribution in [0.2, 0.25) is 0 Å². The highest BCUT2D eigenvalue weighted by molar-refractivity contribution is 5.92. The molecule has 7 heteroatoms. The molecule has 0 aromatic rings. The van der Waals surface area contributed by atoms with Gasteiger partial charge >= 0.3 is 0 Å². The third kappa shape index (κ3) is 2.75. The van der Waals surface area contributed by atoms with E-state index in [1.54, 1.807) is 0 Å². The molecule has 0 aromatic carbocycles. The number of nitrogens with zero attached hydrogens (tertiary/aromatic N) is 1. The summed E-state index contributed by atoms with van der Waals surface area (Å²) in [5.41, 5.74) is 0.422. The third-order valence-corrected chi connectivity index (χ3v) is 10.9. The van der Waals surface area contributed by atoms with Gasteiger partial charge in [0.15, 0.2) is 11.6 Å². The van der Waals surface area contributed by atoms with Crippen LogP contribution in [0.4, 0.5) is 0 Å². The predicted molar refractivity (Wildman–Crippen MR) is 116 cm³/mol. The quantitative estimate of drug-likeness (QED) is 0.470. The van der Waals surface area contributed by atoms with Crippen LogP contribution in [0.15, 0.2) is 5.16 Å². The van der Waals surface area contributed by atoms with Gasteiger partial charge in [-0.15, -0.1) is 0 Å². The van der Waals surface area contributed by atoms with Gasteiger partial charge in [0.1, 0.15) is 0 Å². The number of oxime groups is 1. The average Bonchev–Trinajstić information content (AvgIpc) is 3.47. The number of hydrogen-bond donors (Lipinski definition) is 2. The van der Waals surface area contributed by atoms with Crippen molar-refractivity contribution < 1.29 is 29.3 Å². The van der Waals surface area contributed by atoms with Crippen molar-refractivity contribution in [2.45, 2.75) is 83.4 Å². The summed E-state index contributed by atoms with van der Waals surface area (Å²) >= 11 is 0. The molecule has 6 aliphatic rings. The topological polar surface area (TPSA) is 89.7 Å². The molecule has 6 rings (SSSR count). The molecule has 180 valence electrons. The first kappa shape index (κ1) is 21.8. The second-order valence-electron chi connectivity index (χ2n) is 12.0. The van der Waals surface area contributed by atoms with Crippen molar-refractivity contribution in [1.82, 2.24) is 0 Å². The molecule has 8 atom stereocenters. The van der Waals surface area contributed by atoms with Crippen molar-refractivity contribution in [1.29, 1.82) is 0 Å². The first-order valence-corrected chi connectivity index (χ1v) is 12.7. The van der Waals surface area contributed by atoms with E-state index in [2.05, 4.69) is 25.9 Å². The number of aliphatic hydroxyl groups is 1. The smallest absolute Gasteiger partial charge is 0.174 e. The first-order valence-electron chi connectivity index (χ1n) is 12.7. The SMILES string of the molecule is CC1([C@H]2CC[C@H]3[C@@H]4CC[C@@H]5CC6(C/C(=N\O)[C@]5(C)[C@H]4[C@H](O)C[C@]23C)OCCO6)OCCO1. The van der Waals surface area contributed by atoms with Crippen molar-refractivity contribution in [3.63, 3.8) is 0 Å². The zero-order chi connectivity index (χ0) is 22.4. The van der Waals surface area contributed by atoms with E-state index in [0.29, 0.717) is 50.6 Å². The van der Waals surface area contributed by atoms with Crippen LogP contribution in [0.3, 0.4) is 0 Å². The van der Waals surface area contributed by atoms with E-state index in [9.17, 15) is 10.3 Å². The Kier molecular flexibility index (Phi) is 4.86. The molecule has 2 saturated heterocycles. The maximum atomic E-state index is 11.8. The Bertz CT molecular complexity index is 789. The van der Waals surface area contributed by atoms with Gasteiger partial charge in [-0.1, -0.05) is 19.0 Å². The largest absolute Gasteiger partial charge is 0.411 e. The van der Waals surface area contributed by atoms with Gasteiger partial charge in [0.05, 0.1) is 38.2 Å². The summed E-state index contributed by atoms with van der Waals surface area (Å²) in [6.45, 7) is 9.23. The number of aliphatic hydroxyl groups excluding tert-OH is 1. The van der Waals surface area contributed by atoms with Crippen LogP contribution >= 0.6 is 0 Å². The molecule has 0 unspecified atom stereocenters. The molecule has 0 bridgehead atoms. The highest BCUT2D eigenvalue weighted by atomic mass is 16.7. The fourth-order valence-corrected chi connectivity index (χ4v) is 9.65. The van der Waals surface area contributed by atoms with Crippen LogP contribution in [-0.4, -0.2) is 60.1 Å². The molecule has 32 heavy (non-hydrogen) atoms. The van der Waals surface area contributed by atoms with Gasteiger partial charge in [0, 0.05) is 24.2 Å². The molecular weight excluding hydrogens is 410 g/mol. The van der Waals surface area contributed by atoms with Gasteiger partial charge < -0.3 is 29.3 Å². The Morgan fingerprint density at radius 2 is 1.56 bits per heavy atom. The van der Waals surface area contributed by atoms with Crippen molar-refractivity contribution >= 4 is 5.71 Å². The number of ether oxygens (including phenoxy) is 4. The Morgan fingerprint density at radius 3 is 2.25 bits per heavy atom. The average molecular weight is 450 g/mol. The monoisotopic (exact) mass is 449 g/mol. The summed E-state index contributed by atoms with van der Waals surface area (Å²) in [7, 11) is 0. The first-order chi connectivity index (χ1) is 15.3. The minimum absolute atomic E-state index is 0.00699. The standard InChI is InChI=1S/C25H39NO6/c1-22-13-18(27)21-16(17(22)6-7-19(22)24(3)29-8-9-30-24)5-4-15-12-25(31-10-11-32-25)14-20(26-28)23(15,21)2/h15-19,21,27-28H,4-14H2,1-3H3/b26-20+/t15-,16+,17+,18-,19+,21-,22+,23-/m1/s1. The third-order valence-electron chi connectivity index (χ3n) is 10.9. The van der Waals surface area contributed by atoms with Crippen molar-refractivity contribution in [2.24, 2.45) is 45.6 Å². The van der Waals surface area contributed by atoms with E-state index in [-0.39, 0.29) is 22.7 Å². The van der Waals surface area contributed by atoms with E-state index >= 15 is 0 Å². The lowest BCUT2D eigenvalue weighted by Gasteiger charge is -2.63. The molecular formula is C25H39NO6. The molecule has 0 radical (unpaired) electrons. The summed E-state index contributed by atoms with van der Waals surface area (Å²) < 4.78 is 24.3. The fourth-order valence-electron chi connectivity index (χ4n) is 9.65. The molecule has 0 amide bonds. The van der Waals surface area contributed by atoms with E-state index in [1.807, 2.05) is 0 Å². The maximum Gasteiger partial charge on any atom is 0.174 e. The summed E-state index contributed by atoms with van der Waals surface area (Å²) in [6.07, 6.45) is 6.03. The molecule has 0 aromatic heterocycles. The second-order valence-corrected chi connectivity index (χ2v) is 12.0. The van der Waals surface area contributed by atoms with Crippen LogP contribution < -0.4 is 0 Å². The normalized spacial score (nSPS) is 52.7. The summed E-state index contributed by atoms with van der Waals surface area (Å²) in [6, 6.07) is 0. The lowest BCUT2D eigenvalue weighted by atomic mass is 9.43. The summed E-state index contributed by atoms with van der Waals surface area (Å²) in [5, 5.41) is 25.7. The fraction of sp³-hybridized carbons (Fsp3) is 0.960. The van der Waals surface area contributed by atoms with E-state index in [0.717, 1.165) is 44.2 Å². The van der Waals surface area contributed by atoms with Gasteiger partial charge in [-0.25, -0.2) is 0 Å².